The summed E-state index contributed by atoms with van der Waals surface area (Å²) in [4.78, 5) is 7.81. The minimum Gasteiger partial charge on any atom is -0.487 e. The predicted octanol–water partition coefficient (Wildman–Crippen LogP) is 1.31. The molecule has 0 saturated carbocycles. The molecule has 0 bridgehead atoms. The van der Waals surface area contributed by atoms with Gasteiger partial charge < -0.3 is 9.30 Å². The monoisotopic (exact) mass is 342 g/mol. The van der Waals surface area contributed by atoms with Gasteiger partial charge in [0.15, 0.2) is 5.03 Å². The van der Waals surface area contributed by atoms with E-state index < -0.39 is 10.0 Å². The summed E-state index contributed by atoms with van der Waals surface area (Å²) in [6, 6.07) is 1.66. The Morgan fingerprint density at radius 3 is 2.95 bits per heavy atom. The minimum absolute atomic E-state index is 0.0533. The summed E-state index contributed by atoms with van der Waals surface area (Å²) >= 11 is 6.00. The Labute approximate surface area is 133 Å². The summed E-state index contributed by atoms with van der Waals surface area (Å²) in [5, 5.41) is 0.464. The maximum atomic E-state index is 12.5. The van der Waals surface area contributed by atoms with Crippen LogP contribution in [0.25, 0.3) is 0 Å². The number of rotatable bonds is 4. The first-order valence-corrected chi connectivity index (χ1v) is 8.53. The van der Waals surface area contributed by atoms with Gasteiger partial charge in [0.05, 0.1) is 12.9 Å². The van der Waals surface area contributed by atoms with E-state index in [0.29, 0.717) is 23.7 Å². The molecule has 0 amide bonds. The number of sulfonamides is 1. The molecule has 7 nitrogen and oxygen atoms in total. The quantitative estimate of drug-likeness (QED) is 0.837. The average Bonchev–Trinajstić information content (AvgIpc) is 3.11. The maximum Gasteiger partial charge on any atom is 0.262 e. The van der Waals surface area contributed by atoms with E-state index >= 15 is 0 Å². The Hall–Kier alpha value is -1.64. The fraction of sp³-hybridized carbons (Fsp3) is 0.385. The van der Waals surface area contributed by atoms with Gasteiger partial charge in [0, 0.05) is 38.2 Å². The van der Waals surface area contributed by atoms with Crippen molar-refractivity contribution in [3.05, 3.63) is 36.0 Å². The molecule has 2 aromatic heterocycles. The van der Waals surface area contributed by atoms with Gasteiger partial charge in [-0.2, -0.15) is 4.31 Å². The molecule has 0 N–H and O–H groups in total. The second-order valence-corrected chi connectivity index (χ2v) is 7.37. The summed E-state index contributed by atoms with van der Waals surface area (Å²) in [6.45, 7) is 0.670. The van der Waals surface area contributed by atoms with Crippen LogP contribution in [-0.2, 0) is 17.1 Å². The number of aromatic nitrogens is 3. The molecule has 0 aromatic carbocycles. The van der Waals surface area contributed by atoms with Crippen LogP contribution in [0.15, 0.2) is 36.0 Å². The second-order valence-electron chi connectivity index (χ2n) is 5.08. The van der Waals surface area contributed by atoms with Crippen molar-refractivity contribution >= 4 is 21.6 Å². The largest absolute Gasteiger partial charge is 0.487 e. The van der Waals surface area contributed by atoms with Crippen LogP contribution in [0.4, 0.5) is 0 Å². The molecule has 0 aliphatic carbocycles. The number of ether oxygens (including phenoxy) is 1. The van der Waals surface area contributed by atoms with E-state index in [2.05, 4.69) is 9.97 Å². The van der Waals surface area contributed by atoms with Crippen molar-refractivity contribution in [2.24, 2.45) is 7.05 Å². The van der Waals surface area contributed by atoms with E-state index in [1.165, 1.54) is 23.0 Å². The highest BCUT2D eigenvalue weighted by molar-refractivity contribution is 7.89. The average molecular weight is 343 g/mol. The summed E-state index contributed by atoms with van der Waals surface area (Å²) in [5.41, 5.74) is 0. The van der Waals surface area contributed by atoms with Crippen LogP contribution in [0.5, 0.6) is 5.75 Å². The van der Waals surface area contributed by atoms with Crippen molar-refractivity contribution < 1.29 is 13.2 Å². The van der Waals surface area contributed by atoms with Crippen molar-refractivity contribution in [3.8, 4) is 5.75 Å². The van der Waals surface area contributed by atoms with Crippen LogP contribution in [0.3, 0.4) is 0 Å². The molecular weight excluding hydrogens is 328 g/mol. The zero-order valence-corrected chi connectivity index (χ0v) is 13.5. The van der Waals surface area contributed by atoms with E-state index in [9.17, 15) is 8.42 Å². The number of nitrogens with zero attached hydrogens (tertiary/aromatic N) is 4. The van der Waals surface area contributed by atoms with Crippen molar-refractivity contribution in [2.75, 3.05) is 13.1 Å². The lowest BCUT2D eigenvalue weighted by Crippen LogP contribution is -2.31. The number of aryl methyl sites for hydroxylation is 1. The number of halogens is 1. The Balaban J connectivity index is 1.71. The molecular formula is C13H15ClN4O3S. The standard InChI is InChI=1S/C13H15ClN4O3S/c1-17-8-13(16-9-17)22(19,20)18-5-3-10(7-18)21-12-2-4-15-6-11(12)14/h2,4,6,8-10H,3,5,7H2,1H3/t10-/m0/s1. The maximum absolute atomic E-state index is 12.5. The Morgan fingerprint density at radius 1 is 1.45 bits per heavy atom. The highest BCUT2D eigenvalue weighted by Crippen LogP contribution is 2.27. The first kappa shape index (κ1) is 15.3. The SMILES string of the molecule is Cn1cnc(S(=O)(=O)N2CC[C@H](Oc3ccncc3Cl)C2)c1. The van der Waals surface area contributed by atoms with Crippen molar-refractivity contribution in [1.82, 2.24) is 18.8 Å². The van der Waals surface area contributed by atoms with E-state index in [4.69, 9.17) is 16.3 Å². The lowest BCUT2D eigenvalue weighted by atomic mass is 10.3. The summed E-state index contributed by atoms with van der Waals surface area (Å²) in [6.07, 6.45) is 6.40. The molecule has 1 aliphatic heterocycles. The summed E-state index contributed by atoms with van der Waals surface area (Å²) < 4.78 is 33.7. The number of pyridine rings is 1. The highest BCUT2D eigenvalue weighted by Gasteiger charge is 2.35. The molecule has 3 rings (SSSR count). The summed E-state index contributed by atoms with van der Waals surface area (Å²) in [7, 11) is -1.85. The van der Waals surface area contributed by atoms with Gasteiger partial charge in [-0.05, 0) is 6.42 Å². The van der Waals surface area contributed by atoms with Crippen LogP contribution in [-0.4, -0.2) is 46.5 Å². The zero-order chi connectivity index (χ0) is 15.7. The third-order valence-corrected chi connectivity index (χ3v) is 5.46. The van der Waals surface area contributed by atoms with Crippen LogP contribution in [0, 0.1) is 0 Å². The van der Waals surface area contributed by atoms with Gasteiger partial charge in [0.25, 0.3) is 10.0 Å². The third-order valence-electron chi connectivity index (χ3n) is 3.42. The van der Waals surface area contributed by atoms with Crippen molar-refractivity contribution in [1.29, 1.82) is 0 Å². The van der Waals surface area contributed by atoms with Crippen LogP contribution in [0.2, 0.25) is 5.02 Å². The van der Waals surface area contributed by atoms with Gasteiger partial charge in [0.2, 0.25) is 0 Å². The first-order chi connectivity index (χ1) is 10.5. The Morgan fingerprint density at radius 2 is 2.27 bits per heavy atom. The van der Waals surface area contributed by atoms with Crippen molar-refractivity contribution in [2.45, 2.75) is 17.6 Å². The molecule has 22 heavy (non-hydrogen) atoms. The van der Waals surface area contributed by atoms with E-state index in [1.54, 1.807) is 23.9 Å². The molecule has 0 radical (unpaired) electrons. The molecule has 1 atom stereocenters. The molecule has 1 saturated heterocycles. The number of imidazole rings is 1. The molecule has 0 unspecified atom stereocenters. The first-order valence-electron chi connectivity index (χ1n) is 6.71. The fourth-order valence-electron chi connectivity index (χ4n) is 2.30. The van der Waals surface area contributed by atoms with Crippen LogP contribution < -0.4 is 4.74 Å². The highest BCUT2D eigenvalue weighted by atomic mass is 35.5. The molecule has 1 aliphatic rings. The number of hydrogen-bond donors (Lipinski definition) is 0. The van der Waals surface area contributed by atoms with Crippen molar-refractivity contribution in [3.63, 3.8) is 0 Å². The Bertz CT molecular complexity index is 777. The van der Waals surface area contributed by atoms with E-state index in [1.807, 2.05) is 0 Å². The topological polar surface area (TPSA) is 77.3 Å². The normalized spacial score (nSPS) is 19.5. The van der Waals surface area contributed by atoms with Gasteiger partial charge in [-0.25, -0.2) is 13.4 Å². The Kier molecular flexibility index (Phi) is 4.07. The minimum atomic E-state index is -3.58. The zero-order valence-electron chi connectivity index (χ0n) is 11.9. The predicted molar refractivity (Wildman–Crippen MR) is 80.2 cm³/mol. The van der Waals surface area contributed by atoms with Gasteiger partial charge >= 0.3 is 0 Å². The van der Waals surface area contributed by atoms with Crippen LogP contribution in [0.1, 0.15) is 6.42 Å². The molecule has 9 heteroatoms. The lowest BCUT2D eigenvalue weighted by molar-refractivity contribution is 0.215. The molecule has 1 fully saturated rings. The number of hydrogen-bond acceptors (Lipinski definition) is 5. The molecule has 118 valence electrons. The van der Waals surface area contributed by atoms with Gasteiger partial charge in [-0.3, -0.25) is 4.98 Å². The lowest BCUT2D eigenvalue weighted by Gasteiger charge is -2.16. The van der Waals surface area contributed by atoms with Gasteiger partial charge in [-0.1, -0.05) is 11.6 Å². The van der Waals surface area contributed by atoms with Gasteiger partial charge in [-0.15, -0.1) is 0 Å². The smallest absolute Gasteiger partial charge is 0.262 e. The third kappa shape index (κ3) is 2.94. The van der Waals surface area contributed by atoms with Gasteiger partial charge in [0.1, 0.15) is 16.9 Å². The van der Waals surface area contributed by atoms with E-state index in [-0.39, 0.29) is 17.7 Å². The second kappa shape index (κ2) is 5.86. The fourth-order valence-corrected chi connectivity index (χ4v) is 3.92. The molecule has 0 spiro atoms. The van der Waals surface area contributed by atoms with E-state index in [0.717, 1.165) is 0 Å². The molecule has 2 aromatic rings. The van der Waals surface area contributed by atoms with Crippen LogP contribution >= 0.6 is 11.6 Å². The summed E-state index contributed by atoms with van der Waals surface area (Å²) in [5.74, 6) is 0.513. The molecule has 3 heterocycles.